The Morgan fingerprint density at radius 3 is 2.23 bits per heavy atom. The lowest BCUT2D eigenvalue weighted by Crippen LogP contribution is -2.46. The maximum atomic E-state index is 14.1. The Morgan fingerprint density at radius 2 is 1.62 bits per heavy atom. The van der Waals surface area contributed by atoms with Crippen molar-refractivity contribution >= 4 is 33.8 Å². The number of carbonyl (C=O) groups excluding carboxylic acids is 2. The van der Waals surface area contributed by atoms with Crippen molar-refractivity contribution in [3.63, 3.8) is 0 Å². The molecular weight excluding hydrogens is 553 g/mol. The molecule has 2 aliphatic heterocycles. The van der Waals surface area contributed by atoms with Crippen LogP contribution in [0.2, 0.25) is 0 Å². The Bertz CT molecular complexity index is 1290. The first-order valence-corrected chi connectivity index (χ1v) is 15.3. The zero-order valence-corrected chi connectivity index (χ0v) is 23.1. The number of amides is 2. The average Bonchev–Trinajstić information content (AvgIpc) is 3.16. The van der Waals surface area contributed by atoms with E-state index in [1.165, 1.54) is 21.2 Å². The first-order chi connectivity index (χ1) is 18.6. The molecule has 0 spiro atoms. The minimum atomic E-state index is -3.50. The fourth-order valence-electron chi connectivity index (χ4n) is 5.04. The summed E-state index contributed by atoms with van der Waals surface area (Å²) in [5.74, 6) is -3.42. The van der Waals surface area contributed by atoms with Gasteiger partial charge in [-0.1, -0.05) is 24.1 Å². The van der Waals surface area contributed by atoms with Crippen LogP contribution in [0.25, 0.3) is 0 Å². The average molecular weight is 585 g/mol. The molecule has 0 aliphatic carbocycles. The van der Waals surface area contributed by atoms with E-state index >= 15 is 0 Å². The van der Waals surface area contributed by atoms with Crippen molar-refractivity contribution in [2.45, 2.75) is 25.3 Å². The number of carbonyl (C=O) groups is 2. The molecule has 1 atom stereocenters. The summed E-state index contributed by atoms with van der Waals surface area (Å²) < 4.78 is 71.0. The van der Waals surface area contributed by atoms with Crippen LogP contribution >= 0.6 is 11.9 Å². The molecule has 8 nitrogen and oxygen atoms in total. The SMILES string of the molecule is CNC(Cc1cc(F)c(F)cc1F)C1CCN(S(=O)(=O)CCNSCCN2C(=O)c3ccccc3C2=O)CC1. The third-order valence-corrected chi connectivity index (χ3v) is 9.89. The lowest BCUT2D eigenvalue weighted by Gasteiger charge is -2.35. The van der Waals surface area contributed by atoms with Gasteiger partial charge in [0.15, 0.2) is 11.6 Å². The predicted octanol–water partition coefficient (Wildman–Crippen LogP) is 2.81. The van der Waals surface area contributed by atoms with Crippen LogP contribution in [0.15, 0.2) is 36.4 Å². The van der Waals surface area contributed by atoms with Crippen molar-refractivity contribution in [3.8, 4) is 0 Å². The molecule has 2 aliphatic rings. The van der Waals surface area contributed by atoms with Crippen LogP contribution < -0.4 is 10.0 Å². The largest absolute Gasteiger partial charge is 0.316 e. The van der Waals surface area contributed by atoms with Crippen LogP contribution in [0.5, 0.6) is 0 Å². The van der Waals surface area contributed by atoms with Gasteiger partial charge in [0.1, 0.15) is 5.82 Å². The molecule has 2 heterocycles. The molecule has 1 saturated heterocycles. The van der Waals surface area contributed by atoms with Gasteiger partial charge < -0.3 is 5.32 Å². The maximum Gasteiger partial charge on any atom is 0.261 e. The van der Waals surface area contributed by atoms with Gasteiger partial charge in [-0.15, -0.1) is 0 Å². The number of fused-ring (bicyclic) bond motifs is 1. The second-order valence-corrected chi connectivity index (χ2v) is 12.6. The van der Waals surface area contributed by atoms with E-state index in [9.17, 15) is 31.2 Å². The van der Waals surface area contributed by atoms with Crippen LogP contribution in [0.1, 0.15) is 39.1 Å². The molecule has 2 amide bonds. The quantitative estimate of drug-likeness (QED) is 0.171. The molecular formula is C26H31F3N4O4S2. The molecule has 0 aromatic heterocycles. The molecule has 2 N–H and O–H groups in total. The van der Waals surface area contributed by atoms with Gasteiger partial charge in [0.2, 0.25) is 10.0 Å². The predicted molar refractivity (Wildman–Crippen MR) is 143 cm³/mol. The van der Waals surface area contributed by atoms with Crippen molar-refractivity contribution in [3.05, 3.63) is 70.5 Å². The summed E-state index contributed by atoms with van der Waals surface area (Å²) in [7, 11) is -1.79. The van der Waals surface area contributed by atoms with Gasteiger partial charge >= 0.3 is 0 Å². The van der Waals surface area contributed by atoms with Crippen LogP contribution in [0.4, 0.5) is 13.2 Å². The minimum Gasteiger partial charge on any atom is -0.316 e. The molecule has 1 fully saturated rings. The van der Waals surface area contributed by atoms with E-state index in [2.05, 4.69) is 10.0 Å². The number of imide groups is 1. The van der Waals surface area contributed by atoms with E-state index in [0.29, 0.717) is 48.9 Å². The van der Waals surface area contributed by atoms with E-state index in [0.717, 1.165) is 6.07 Å². The molecule has 2 aromatic rings. The summed E-state index contributed by atoms with van der Waals surface area (Å²) in [4.78, 5) is 26.0. The first kappa shape index (κ1) is 29.5. The number of rotatable bonds is 12. The Hall–Kier alpha value is -2.45. The van der Waals surface area contributed by atoms with Gasteiger partial charge in [0, 0.05) is 44.0 Å². The lowest BCUT2D eigenvalue weighted by atomic mass is 9.86. The highest BCUT2D eigenvalue weighted by Crippen LogP contribution is 2.26. The van der Waals surface area contributed by atoms with Crippen molar-refractivity contribution in [1.29, 1.82) is 0 Å². The van der Waals surface area contributed by atoms with Crippen LogP contribution in [0, 0.1) is 23.4 Å². The van der Waals surface area contributed by atoms with Gasteiger partial charge in [-0.3, -0.25) is 19.2 Å². The number of benzene rings is 2. The number of hydrogen-bond donors (Lipinski definition) is 2. The summed E-state index contributed by atoms with van der Waals surface area (Å²) in [6.45, 7) is 1.05. The molecule has 1 unspecified atom stereocenters. The van der Waals surface area contributed by atoms with Gasteiger partial charge in [-0.25, -0.2) is 25.9 Å². The van der Waals surface area contributed by atoms with E-state index in [-0.39, 0.29) is 54.6 Å². The van der Waals surface area contributed by atoms with Crippen molar-refractivity contribution < 1.29 is 31.2 Å². The highest BCUT2D eigenvalue weighted by Gasteiger charge is 2.35. The molecule has 0 saturated carbocycles. The molecule has 2 aromatic carbocycles. The van der Waals surface area contributed by atoms with Crippen molar-refractivity contribution in [2.24, 2.45) is 5.92 Å². The van der Waals surface area contributed by atoms with Gasteiger partial charge in [-0.2, -0.15) is 0 Å². The Labute approximate surface area is 230 Å². The molecule has 4 rings (SSSR count). The number of hydrogen-bond acceptors (Lipinski definition) is 7. The summed E-state index contributed by atoms with van der Waals surface area (Å²) in [5, 5.41) is 3.11. The fraction of sp³-hybridized carbons (Fsp3) is 0.462. The minimum absolute atomic E-state index is 0.0461. The van der Waals surface area contributed by atoms with E-state index in [1.54, 1.807) is 31.3 Å². The Kier molecular flexibility index (Phi) is 9.70. The normalized spacial score (nSPS) is 17.6. The molecule has 39 heavy (non-hydrogen) atoms. The molecule has 212 valence electrons. The number of halogens is 3. The van der Waals surface area contributed by atoms with E-state index < -0.39 is 27.5 Å². The summed E-state index contributed by atoms with van der Waals surface area (Å²) in [5.41, 5.74) is 0.871. The van der Waals surface area contributed by atoms with Crippen molar-refractivity contribution in [1.82, 2.24) is 19.2 Å². The van der Waals surface area contributed by atoms with E-state index in [4.69, 9.17) is 0 Å². The second kappa shape index (κ2) is 12.8. The maximum absolute atomic E-state index is 14.1. The Morgan fingerprint density at radius 1 is 1.00 bits per heavy atom. The summed E-state index contributed by atoms with van der Waals surface area (Å²) >= 11 is 1.25. The van der Waals surface area contributed by atoms with Crippen LogP contribution in [0.3, 0.4) is 0 Å². The monoisotopic (exact) mass is 584 g/mol. The standard InChI is InChI=1S/C26H31F3N4O4S2/c1-30-24(15-18-14-22(28)23(29)16-21(18)27)17-6-9-32(10-7-17)39(36,37)13-8-31-38-12-11-33-25(34)19-4-2-3-5-20(19)26(33)35/h2-5,14,16-17,24,30-31H,6-13,15H2,1H3. The van der Waals surface area contributed by atoms with Crippen LogP contribution in [-0.2, 0) is 16.4 Å². The topological polar surface area (TPSA) is 98.8 Å². The number of nitrogens with one attached hydrogen (secondary N) is 2. The number of nitrogens with zero attached hydrogens (tertiary/aromatic N) is 2. The summed E-state index contributed by atoms with van der Waals surface area (Å²) in [6, 6.07) is 7.88. The molecule has 13 heteroatoms. The third kappa shape index (κ3) is 6.83. The zero-order chi connectivity index (χ0) is 28.2. The number of sulfonamides is 1. The lowest BCUT2D eigenvalue weighted by molar-refractivity contribution is 0.0664. The fourth-order valence-corrected chi connectivity index (χ4v) is 7.22. The van der Waals surface area contributed by atoms with Crippen LogP contribution in [-0.4, -0.2) is 80.2 Å². The van der Waals surface area contributed by atoms with Crippen molar-refractivity contribution in [2.75, 3.05) is 44.7 Å². The molecule has 0 bridgehead atoms. The van der Waals surface area contributed by atoms with Gasteiger partial charge in [0.05, 0.1) is 16.9 Å². The zero-order valence-electron chi connectivity index (χ0n) is 21.5. The van der Waals surface area contributed by atoms with E-state index in [1.807, 2.05) is 0 Å². The molecule has 0 radical (unpaired) electrons. The highest BCUT2D eigenvalue weighted by atomic mass is 32.2. The highest BCUT2D eigenvalue weighted by molar-refractivity contribution is 7.97. The Balaban J connectivity index is 1.18. The number of piperidine rings is 1. The summed E-state index contributed by atoms with van der Waals surface area (Å²) in [6.07, 6.45) is 1.27. The smallest absolute Gasteiger partial charge is 0.261 e. The third-order valence-electron chi connectivity index (χ3n) is 7.22. The van der Waals surface area contributed by atoms with Gasteiger partial charge in [-0.05, 0) is 56.0 Å². The number of likely N-dealkylation sites (N-methyl/N-ethyl adjacent to an activating group) is 1. The van der Waals surface area contributed by atoms with Gasteiger partial charge in [0.25, 0.3) is 11.8 Å². The first-order valence-electron chi connectivity index (χ1n) is 12.7. The second-order valence-electron chi connectivity index (χ2n) is 9.56.